The summed E-state index contributed by atoms with van der Waals surface area (Å²) in [5.41, 5.74) is 6.28. The summed E-state index contributed by atoms with van der Waals surface area (Å²) in [5, 5.41) is 0. The number of ether oxygens (including phenoxy) is 1. The van der Waals surface area contributed by atoms with Crippen molar-refractivity contribution in [2.75, 3.05) is 12.3 Å². The van der Waals surface area contributed by atoms with E-state index in [2.05, 4.69) is 0 Å². The zero-order valence-electron chi connectivity index (χ0n) is 6.71. The summed E-state index contributed by atoms with van der Waals surface area (Å²) >= 11 is 0. The highest BCUT2D eigenvalue weighted by molar-refractivity contribution is 5.51. The van der Waals surface area contributed by atoms with Crippen LogP contribution in [0.5, 0.6) is 5.75 Å². The normalized spacial score (nSPS) is 8.45. The predicted octanol–water partition coefficient (Wildman–Crippen LogP) is 1.83. The standard InChI is InChI=1S/C8H11NO.H3N/c1-2-10-8-6-4-3-5-7(8)9;/h3-6H,2,9H2,1H3;1H3. The molecule has 0 heterocycles. The molecule has 1 aromatic rings. The van der Waals surface area contributed by atoms with Crippen LogP contribution in [0, 0.1) is 0 Å². The minimum absolute atomic E-state index is 0. The first-order valence-electron chi connectivity index (χ1n) is 3.32. The molecule has 1 rings (SSSR count). The molecule has 0 saturated carbocycles. The van der Waals surface area contributed by atoms with Gasteiger partial charge in [0, 0.05) is 0 Å². The number of nitrogen functional groups attached to an aromatic ring is 1. The number of anilines is 1. The van der Waals surface area contributed by atoms with Crippen molar-refractivity contribution in [3.8, 4) is 5.75 Å². The van der Waals surface area contributed by atoms with E-state index in [1.165, 1.54) is 0 Å². The van der Waals surface area contributed by atoms with E-state index >= 15 is 0 Å². The number of hydrogen-bond donors (Lipinski definition) is 2. The van der Waals surface area contributed by atoms with Crippen LogP contribution >= 0.6 is 0 Å². The molecule has 0 aliphatic rings. The second-order valence-electron chi connectivity index (χ2n) is 1.97. The van der Waals surface area contributed by atoms with Gasteiger partial charge in [-0.3, -0.25) is 0 Å². The molecule has 5 N–H and O–H groups in total. The van der Waals surface area contributed by atoms with Gasteiger partial charge in [-0.2, -0.15) is 0 Å². The van der Waals surface area contributed by atoms with E-state index in [-0.39, 0.29) is 6.15 Å². The molecule has 0 amide bonds. The largest absolute Gasteiger partial charge is 0.492 e. The molecule has 0 fully saturated rings. The molecule has 1 aromatic carbocycles. The molecule has 0 aliphatic carbocycles. The Labute approximate surface area is 66.8 Å². The second-order valence-corrected chi connectivity index (χ2v) is 1.97. The molecule has 0 spiro atoms. The Morgan fingerprint density at radius 2 is 2.00 bits per heavy atom. The summed E-state index contributed by atoms with van der Waals surface area (Å²) in [6, 6.07) is 7.48. The van der Waals surface area contributed by atoms with E-state index in [1.54, 1.807) is 0 Å². The Hall–Kier alpha value is -1.22. The molecule has 0 aromatic heterocycles. The van der Waals surface area contributed by atoms with Crippen molar-refractivity contribution in [1.29, 1.82) is 0 Å². The molecule has 0 radical (unpaired) electrons. The van der Waals surface area contributed by atoms with Crippen molar-refractivity contribution >= 4 is 5.69 Å². The topological polar surface area (TPSA) is 70.2 Å². The Balaban J connectivity index is 0.000001000. The summed E-state index contributed by atoms with van der Waals surface area (Å²) < 4.78 is 5.21. The van der Waals surface area contributed by atoms with Crippen molar-refractivity contribution in [2.45, 2.75) is 6.92 Å². The van der Waals surface area contributed by atoms with E-state index in [9.17, 15) is 0 Å². The molecular weight excluding hydrogens is 140 g/mol. The Morgan fingerprint density at radius 1 is 1.36 bits per heavy atom. The van der Waals surface area contributed by atoms with Crippen molar-refractivity contribution in [1.82, 2.24) is 6.15 Å². The van der Waals surface area contributed by atoms with Crippen molar-refractivity contribution in [3.63, 3.8) is 0 Å². The van der Waals surface area contributed by atoms with Crippen LogP contribution in [0.4, 0.5) is 5.69 Å². The van der Waals surface area contributed by atoms with Crippen LogP contribution < -0.4 is 16.6 Å². The van der Waals surface area contributed by atoms with E-state index < -0.39 is 0 Å². The molecule has 0 aliphatic heterocycles. The average Bonchev–Trinajstić information content (AvgIpc) is 1.94. The van der Waals surface area contributed by atoms with Gasteiger partial charge in [0.2, 0.25) is 0 Å². The van der Waals surface area contributed by atoms with Gasteiger partial charge in [0.25, 0.3) is 0 Å². The van der Waals surface area contributed by atoms with Gasteiger partial charge >= 0.3 is 0 Å². The van der Waals surface area contributed by atoms with E-state index in [0.29, 0.717) is 12.3 Å². The first-order valence-corrected chi connectivity index (χ1v) is 3.32. The van der Waals surface area contributed by atoms with Crippen LogP contribution in [0.15, 0.2) is 24.3 Å². The average molecular weight is 154 g/mol. The van der Waals surface area contributed by atoms with Gasteiger partial charge in [-0.1, -0.05) is 12.1 Å². The highest BCUT2D eigenvalue weighted by Crippen LogP contribution is 2.18. The molecule has 0 unspecified atom stereocenters. The lowest BCUT2D eigenvalue weighted by Crippen LogP contribution is -1.95. The van der Waals surface area contributed by atoms with Crippen molar-refractivity contribution in [3.05, 3.63) is 24.3 Å². The van der Waals surface area contributed by atoms with Crippen LogP contribution in [-0.2, 0) is 0 Å². The maximum absolute atomic E-state index is 5.58. The summed E-state index contributed by atoms with van der Waals surface area (Å²) in [6.45, 7) is 2.60. The van der Waals surface area contributed by atoms with Gasteiger partial charge in [0.05, 0.1) is 12.3 Å². The number of nitrogens with two attached hydrogens (primary N) is 1. The van der Waals surface area contributed by atoms with Crippen molar-refractivity contribution < 1.29 is 4.74 Å². The van der Waals surface area contributed by atoms with Crippen LogP contribution in [-0.4, -0.2) is 6.61 Å². The first kappa shape index (κ1) is 9.78. The SMILES string of the molecule is CCOc1ccccc1N.N. The van der Waals surface area contributed by atoms with Crippen LogP contribution in [0.1, 0.15) is 6.92 Å². The van der Waals surface area contributed by atoms with E-state index in [4.69, 9.17) is 10.5 Å². The van der Waals surface area contributed by atoms with Gasteiger partial charge in [-0.15, -0.1) is 0 Å². The Kier molecular flexibility index (Phi) is 4.07. The van der Waals surface area contributed by atoms with Gasteiger partial charge in [0.15, 0.2) is 0 Å². The highest BCUT2D eigenvalue weighted by atomic mass is 16.5. The Bertz CT molecular complexity index is 213. The lowest BCUT2D eigenvalue weighted by atomic mass is 10.3. The van der Waals surface area contributed by atoms with Crippen molar-refractivity contribution in [2.24, 2.45) is 0 Å². The third kappa shape index (κ3) is 2.47. The third-order valence-electron chi connectivity index (χ3n) is 1.22. The third-order valence-corrected chi connectivity index (χ3v) is 1.22. The number of hydrogen-bond acceptors (Lipinski definition) is 3. The maximum atomic E-state index is 5.58. The van der Waals surface area contributed by atoms with Crippen LogP contribution in [0.2, 0.25) is 0 Å². The Morgan fingerprint density at radius 3 is 2.55 bits per heavy atom. The fourth-order valence-corrected chi connectivity index (χ4v) is 0.767. The number of para-hydroxylation sites is 2. The van der Waals surface area contributed by atoms with Crippen LogP contribution in [0.3, 0.4) is 0 Å². The van der Waals surface area contributed by atoms with Gasteiger partial charge in [-0.25, -0.2) is 0 Å². The van der Waals surface area contributed by atoms with Crippen LogP contribution in [0.25, 0.3) is 0 Å². The number of rotatable bonds is 2. The maximum Gasteiger partial charge on any atom is 0.142 e. The monoisotopic (exact) mass is 154 g/mol. The predicted molar refractivity (Wildman–Crippen MR) is 47.0 cm³/mol. The minimum Gasteiger partial charge on any atom is -0.492 e. The minimum atomic E-state index is 0. The summed E-state index contributed by atoms with van der Waals surface area (Å²) in [5.74, 6) is 0.769. The fourth-order valence-electron chi connectivity index (χ4n) is 0.767. The highest BCUT2D eigenvalue weighted by Gasteiger charge is 1.93. The second kappa shape index (κ2) is 4.57. The lowest BCUT2D eigenvalue weighted by molar-refractivity contribution is 0.342. The molecule has 0 atom stereocenters. The van der Waals surface area contributed by atoms with E-state index in [0.717, 1.165) is 5.75 Å². The van der Waals surface area contributed by atoms with Gasteiger partial charge < -0.3 is 16.6 Å². The zero-order valence-corrected chi connectivity index (χ0v) is 6.71. The summed E-state index contributed by atoms with van der Waals surface area (Å²) in [4.78, 5) is 0. The zero-order chi connectivity index (χ0) is 7.40. The molecule has 0 bridgehead atoms. The quantitative estimate of drug-likeness (QED) is 0.638. The van der Waals surface area contributed by atoms with Gasteiger partial charge in [-0.05, 0) is 19.1 Å². The summed E-state index contributed by atoms with van der Waals surface area (Å²) in [6.07, 6.45) is 0. The first-order chi connectivity index (χ1) is 4.84. The summed E-state index contributed by atoms with van der Waals surface area (Å²) in [7, 11) is 0. The molecular formula is C8H14N2O. The fraction of sp³-hybridized carbons (Fsp3) is 0.250. The molecule has 11 heavy (non-hydrogen) atoms. The molecule has 3 nitrogen and oxygen atoms in total. The molecule has 3 heteroatoms. The molecule has 62 valence electrons. The molecule has 0 saturated heterocycles. The number of benzene rings is 1. The lowest BCUT2D eigenvalue weighted by Gasteiger charge is -2.04. The van der Waals surface area contributed by atoms with Gasteiger partial charge in [0.1, 0.15) is 5.75 Å². The van der Waals surface area contributed by atoms with E-state index in [1.807, 2.05) is 31.2 Å². The smallest absolute Gasteiger partial charge is 0.142 e.